The maximum atomic E-state index is 5.31. The van der Waals surface area contributed by atoms with Crippen LogP contribution in [-0.2, 0) is 14.3 Å². The van der Waals surface area contributed by atoms with Crippen molar-refractivity contribution in [2.45, 2.75) is 25.2 Å². The molecule has 0 saturated carbocycles. The van der Waals surface area contributed by atoms with Gasteiger partial charge in [0.15, 0.2) is 0 Å². The molecule has 4 heteroatoms. The highest BCUT2D eigenvalue weighted by atomic mass is 16.8. The van der Waals surface area contributed by atoms with Gasteiger partial charge in [-0.05, 0) is 12.8 Å². The Hall–Kier alpha value is -0.160. The van der Waals surface area contributed by atoms with Gasteiger partial charge in [0.05, 0.1) is 7.11 Å². The van der Waals surface area contributed by atoms with Gasteiger partial charge in [-0.3, -0.25) is 4.84 Å². The lowest BCUT2D eigenvalue weighted by atomic mass is 10.1. The predicted octanol–water partition coefficient (Wildman–Crippen LogP) is 0.980. The molecule has 0 unspecified atom stereocenters. The molecule has 12 heavy (non-hydrogen) atoms. The Morgan fingerprint density at radius 1 is 1.08 bits per heavy atom. The van der Waals surface area contributed by atoms with Crippen LogP contribution in [0.15, 0.2) is 0 Å². The van der Waals surface area contributed by atoms with Gasteiger partial charge in [-0.15, -0.1) is 5.06 Å². The first-order valence-corrected chi connectivity index (χ1v) is 4.21. The SMILES string of the molecule is CON1CCCCC1(OC)OC. The van der Waals surface area contributed by atoms with Crippen molar-refractivity contribution in [3.63, 3.8) is 0 Å². The summed E-state index contributed by atoms with van der Waals surface area (Å²) in [5.41, 5.74) is 0. The largest absolute Gasteiger partial charge is 0.339 e. The summed E-state index contributed by atoms with van der Waals surface area (Å²) in [5.74, 6) is -0.660. The van der Waals surface area contributed by atoms with Crippen LogP contribution in [0.4, 0.5) is 0 Å². The van der Waals surface area contributed by atoms with Gasteiger partial charge in [0.25, 0.3) is 5.91 Å². The minimum atomic E-state index is -0.660. The molecule has 0 spiro atoms. The van der Waals surface area contributed by atoms with Crippen LogP contribution in [0.3, 0.4) is 0 Å². The Morgan fingerprint density at radius 3 is 2.17 bits per heavy atom. The monoisotopic (exact) mass is 175 g/mol. The molecule has 0 aromatic heterocycles. The summed E-state index contributed by atoms with van der Waals surface area (Å²) < 4.78 is 10.6. The molecular weight excluding hydrogens is 158 g/mol. The van der Waals surface area contributed by atoms with Gasteiger partial charge >= 0.3 is 0 Å². The van der Waals surface area contributed by atoms with Crippen molar-refractivity contribution in [1.82, 2.24) is 5.06 Å². The second-order valence-corrected chi connectivity index (χ2v) is 2.86. The maximum Gasteiger partial charge on any atom is 0.251 e. The number of ether oxygens (including phenoxy) is 2. The van der Waals surface area contributed by atoms with E-state index in [-0.39, 0.29) is 0 Å². The lowest BCUT2D eigenvalue weighted by molar-refractivity contribution is -0.399. The van der Waals surface area contributed by atoms with Crippen LogP contribution in [0.25, 0.3) is 0 Å². The number of hydrogen-bond acceptors (Lipinski definition) is 4. The van der Waals surface area contributed by atoms with E-state index in [1.807, 2.05) is 0 Å². The Labute approximate surface area is 73.3 Å². The van der Waals surface area contributed by atoms with Crippen LogP contribution in [0, 0.1) is 0 Å². The zero-order valence-corrected chi connectivity index (χ0v) is 8.00. The minimum Gasteiger partial charge on any atom is -0.339 e. The summed E-state index contributed by atoms with van der Waals surface area (Å²) in [4.78, 5) is 5.17. The molecule has 1 rings (SSSR count). The molecule has 72 valence electrons. The summed E-state index contributed by atoms with van der Waals surface area (Å²) in [6, 6.07) is 0. The first-order valence-electron chi connectivity index (χ1n) is 4.21. The quantitative estimate of drug-likeness (QED) is 0.598. The van der Waals surface area contributed by atoms with Crippen LogP contribution < -0.4 is 0 Å². The van der Waals surface area contributed by atoms with Crippen molar-refractivity contribution in [2.75, 3.05) is 27.9 Å². The van der Waals surface area contributed by atoms with Crippen LogP contribution in [-0.4, -0.2) is 38.8 Å². The summed E-state index contributed by atoms with van der Waals surface area (Å²) >= 11 is 0. The molecule has 4 nitrogen and oxygen atoms in total. The normalized spacial score (nSPS) is 24.2. The molecule has 1 aliphatic rings. The zero-order valence-electron chi connectivity index (χ0n) is 8.00. The molecule has 0 N–H and O–H groups in total. The summed E-state index contributed by atoms with van der Waals surface area (Å²) in [7, 11) is 4.92. The molecule has 1 fully saturated rings. The fourth-order valence-corrected chi connectivity index (χ4v) is 1.62. The van der Waals surface area contributed by atoms with Crippen LogP contribution in [0.5, 0.6) is 0 Å². The molecule has 0 bridgehead atoms. The fraction of sp³-hybridized carbons (Fsp3) is 1.00. The lowest BCUT2D eigenvalue weighted by Gasteiger charge is -2.42. The Bertz CT molecular complexity index is 136. The van der Waals surface area contributed by atoms with Crippen molar-refractivity contribution < 1.29 is 14.3 Å². The number of hydroxylamine groups is 2. The van der Waals surface area contributed by atoms with Gasteiger partial charge in [0, 0.05) is 27.2 Å². The van der Waals surface area contributed by atoms with Gasteiger partial charge in [0.2, 0.25) is 0 Å². The van der Waals surface area contributed by atoms with Gasteiger partial charge in [-0.25, -0.2) is 0 Å². The molecular formula is C8H17NO3. The molecule has 0 aromatic rings. The molecule has 1 saturated heterocycles. The fourth-order valence-electron chi connectivity index (χ4n) is 1.62. The molecule has 1 heterocycles. The number of piperidine rings is 1. The maximum absolute atomic E-state index is 5.31. The van der Waals surface area contributed by atoms with Crippen molar-refractivity contribution in [3.8, 4) is 0 Å². The Kier molecular flexibility index (Phi) is 3.46. The van der Waals surface area contributed by atoms with Gasteiger partial charge in [0.1, 0.15) is 0 Å². The van der Waals surface area contributed by atoms with E-state index in [9.17, 15) is 0 Å². The predicted molar refractivity (Wildman–Crippen MR) is 44.3 cm³/mol. The van der Waals surface area contributed by atoms with Crippen molar-refractivity contribution in [2.24, 2.45) is 0 Å². The van der Waals surface area contributed by atoms with E-state index in [0.29, 0.717) is 0 Å². The second kappa shape index (κ2) is 4.18. The average Bonchev–Trinajstić information content (AvgIpc) is 2.17. The standard InChI is InChI=1S/C8H17NO3/c1-10-8(11-2)6-4-5-7-9(8)12-3/h4-7H2,1-3H3. The minimum absolute atomic E-state index is 0.660. The number of rotatable bonds is 3. The van der Waals surface area contributed by atoms with Gasteiger partial charge in [-0.1, -0.05) is 0 Å². The van der Waals surface area contributed by atoms with Crippen molar-refractivity contribution in [3.05, 3.63) is 0 Å². The topological polar surface area (TPSA) is 30.9 Å². The Morgan fingerprint density at radius 2 is 1.75 bits per heavy atom. The molecule has 0 atom stereocenters. The third-order valence-electron chi connectivity index (χ3n) is 2.34. The second-order valence-electron chi connectivity index (χ2n) is 2.86. The van der Waals surface area contributed by atoms with Gasteiger partial charge < -0.3 is 9.47 Å². The highest BCUT2D eigenvalue weighted by molar-refractivity contribution is 4.71. The van der Waals surface area contributed by atoms with Crippen LogP contribution in [0.1, 0.15) is 19.3 Å². The average molecular weight is 175 g/mol. The van der Waals surface area contributed by atoms with E-state index in [1.165, 1.54) is 0 Å². The van der Waals surface area contributed by atoms with E-state index in [4.69, 9.17) is 14.3 Å². The number of hydrogen-bond donors (Lipinski definition) is 0. The summed E-state index contributed by atoms with van der Waals surface area (Å²) in [6.07, 6.45) is 3.09. The Balaban J connectivity index is 2.66. The molecule has 0 aliphatic carbocycles. The van der Waals surface area contributed by atoms with Crippen LogP contribution in [0.2, 0.25) is 0 Å². The van der Waals surface area contributed by atoms with E-state index in [0.717, 1.165) is 25.8 Å². The van der Waals surface area contributed by atoms with E-state index < -0.39 is 5.91 Å². The number of methoxy groups -OCH3 is 2. The third-order valence-corrected chi connectivity index (χ3v) is 2.34. The lowest BCUT2D eigenvalue weighted by Crippen LogP contribution is -2.53. The molecule has 0 amide bonds. The smallest absolute Gasteiger partial charge is 0.251 e. The van der Waals surface area contributed by atoms with E-state index in [1.54, 1.807) is 26.4 Å². The van der Waals surface area contributed by atoms with Crippen molar-refractivity contribution >= 4 is 0 Å². The number of nitrogens with zero attached hydrogens (tertiary/aromatic N) is 1. The first-order chi connectivity index (χ1) is 5.79. The van der Waals surface area contributed by atoms with Crippen molar-refractivity contribution in [1.29, 1.82) is 0 Å². The summed E-state index contributed by atoms with van der Waals surface area (Å²) in [6.45, 7) is 0.859. The third kappa shape index (κ3) is 1.61. The first kappa shape index (κ1) is 9.92. The van der Waals surface area contributed by atoms with Gasteiger partial charge in [-0.2, -0.15) is 0 Å². The zero-order chi connectivity index (χ0) is 9.03. The molecule has 0 radical (unpaired) electrons. The molecule has 0 aromatic carbocycles. The highest BCUT2D eigenvalue weighted by Crippen LogP contribution is 2.29. The molecule has 1 aliphatic heterocycles. The van der Waals surface area contributed by atoms with E-state index >= 15 is 0 Å². The summed E-state index contributed by atoms with van der Waals surface area (Å²) in [5, 5.41) is 1.75. The van der Waals surface area contributed by atoms with Crippen LogP contribution >= 0.6 is 0 Å². The highest BCUT2D eigenvalue weighted by Gasteiger charge is 2.40. The van der Waals surface area contributed by atoms with E-state index in [2.05, 4.69) is 0 Å².